The lowest BCUT2D eigenvalue weighted by atomic mass is 9.90. The third kappa shape index (κ3) is 4.78. The van der Waals surface area contributed by atoms with Gasteiger partial charge in [-0.15, -0.1) is 0 Å². The minimum Gasteiger partial charge on any atom is -0.444 e. The van der Waals surface area contributed by atoms with Crippen LogP contribution >= 0.6 is 11.8 Å². The number of rotatable bonds is 1. The Kier molecular flexibility index (Phi) is 5.47. The summed E-state index contributed by atoms with van der Waals surface area (Å²) < 4.78 is 5.52. The molecule has 2 saturated heterocycles. The van der Waals surface area contributed by atoms with Crippen LogP contribution in [0, 0.1) is 0 Å². The molecule has 1 atom stereocenters. The quantitative estimate of drug-likeness (QED) is 0.744. The Labute approximate surface area is 133 Å². The molecular weight excluding hydrogens is 284 g/mol. The molecule has 0 aromatic carbocycles. The number of amides is 1. The molecular formula is C16H30N2O2S. The van der Waals surface area contributed by atoms with Gasteiger partial charge in [-0.1, -0.05) is 0 Å². The lowest BCUT2D eigenvalue weighted by Crippen LogP contribution is -2.50. The lowest BCUT2D eigenvalue weighted by Gasteiger charge is -2.43. The molecule has 122 valence electrons. The van der Waals surface area contributed by atoms with Crippen molar-refractivity contribution in [2.75, 3.05) is 37.7 Å². The largest absolute Gasteiger partial charge is 0.444 e. The van der Waals surface area contributed by atoms with Crippen LogP contribution in [0.15, 0.2) is 0 Å². The van der Waals surface area contributed by atoms with Crippen molar-refractivity contribution in [3.05, 3.63) is 0 Å². The first kappa shape index (κ1) is 16.9. The second-order valence-electron chi connectivity index (χ2n) is 7.42. The van der Waals surface area contributed by atoms with E-state index in [2.05, 4.69) is 23.6 Å². The maximum atomic E-state index is 12.2. The van der Waals surface area contributed by atoms with Crippen LogP contribution in [0.25, 0.3) is 0 Å². The van der Waals surface area contributed by atoms with Gasteiger partial charge in [-0.3, -0.25) is 4.90 Å². The van der Waals surface area contributed by atoms with E-state index in [1.807, 2.05) is 25.7 Å². The summed E-state index contributed by atoms with van der Waals surface area (Å²) in [5.41, 5.74) is -0.158. The Morgan fingerprint density at radius 1 is 1.10 bits per heavy atom. The first-order valence-electron chi connectivity index (χ1n) is 8.11. The zero-order valence-electron chi connectivity index (χ0n) is 14.0. The number of carbonyl (C=O) groups excluding carboxylic acids is 1. The van der Waals surface area contributed by atoms with Crippen LogP contribution < -0.4 is 0 Å². The van der Waals surface area contributed by atoms with E-state index in [1.165, 1.54) is 31.0 Å². The molecule has 0 aromatic rings. The minimum atomic E-state index is -0.406. The molecule has 2 heterocycles. The second kappa shape index (κ2) is 6.78. The van der Waals surface area contributed by atoms with E-state index in [0.29, 0.717) is 0 Å². The van der Waals surface area contributed by atoms with Gasteiger partial charge >= 0.3 is 6.09 Å². The van der Waals surface area contributed by atoms with Crippen LogP contribution in [0.1, 0.15) is 47.0 Å². The Morgan fingerprint density at radius 3 is 2.38 bits per heavy atom. The fraction of sp³-hybridized carbons (Fsp3) is 0.938. The standard InChI is InChI=1S/C16H30N2O2S/c1-15(2,3)20-14(19)17-8-5-6-16(4,7-9-17)18-10-12-21-13-11-18/h5-13H2,1-4H3. The zero-order valence-corrected chi connectivity index (χ0v) is 14.8. The molecule has 0 radical (unpaired) electrons. The van der Waals surface area contributed by atoms with Crippen LogP contribution in [0.4, 0.5) is 4.79 Å². The monoisotopic (exact) mass is 314 g/mol. The van der Waals surface area contributed by atoms with E-state index in [9.17, 15) is 4.79 Å². The average molecular weight is 314 g/mol. The molecule has 1 unspecified atom stereocenters. The van der Waals surface area contributed by atoms with E-state index >= 15 is 0 Å². The van der Waals surface area contributed by atoms with Crippen molar-refractivity contribution in [2.45, 2.75) is 58.1 Å². The second-order valence-corrected chi connectivity index (χ2v) is 8.64. The molecule has 2 aliphatic rings. The topological polar surface area (TPSA) is 32.8 Å². The number of carbonyl (C=O) groups is 1. The molecule has 5 heteroatoms. The Balaban J connectivity index is 1.93. The number of hydrogen-bond acceptors (Lipinski definition) is 4. The van der Waals surface area contributed by atoms with Crippen molar-refractivity contribution >= 4 is 17.9 Å². The molecule has 2 rings (SSSR count). The molecule has 2 aliphatic heterocycles. The van der Waals surface area contributed by atoms with E-state index < -0.39 is 5.60 Å². The van der Waals surface area contributed by atoms with Crippen molar-refractivity contribution < 1.29 is 9.53 Å². The van der Waals surface area contributed by atoms with Gasteiger partial charge in [0.1, 0.15) is 5.60 Å². The number of likely N-dealkylation sites (tertiary alicyclic amines) is 1. The maximum Gasteiger partial charge on any atom is 0.410 e. The summed E-state index contributed by atoms with van der Waals surface area (Å²) in [6.45, 7) is 12.2. The summed E-state index contributed by atoms with van der Waals surface area (Å²) in [6.07, 6.45) is 3.15. The highest BCUT2D eigenvalue weighted by molar-refractivity contribution is 7.99. The van der Waals surface area contributed by atoms with Gasteiger partial charge in [-0.25, -0.2) is 4.79 Å². The maximum absolute atomic E-state index is 12.2. The highest BCUT2D eigenvalue weighted by Crippen LogP contribution is 2.31. The predicted molar refractivity (Wildman–Crippen MR) is 89.0 cm³/mol. The summed E-state index contributed by atoms with van der Waals surface area (Å²) in [6, 6.07) is 0. The van der Waals surface area contributed by atoms with Gasteiger partial charge in [0.2, 0.25) is 0 Å². The highest BCUT2D eigenvalue weighted by atomic mass is 32.2. The first-order chi connectivity index (χ1) is 9.80. The van der Waals surface area contributed by atoms with Gasteiger partial charge in [0.25, 0.3) is 0 Å². The number of hydrogen-bond donors (Lipinski definition) is 0. The van der Waals surface area contributed by atoms with E-state index in [1.54, 1.807) is 0 Å². The van der Waals surface area contributed by atoms with Gasteiger partial charge < -0.3 is 9.64 Å². The zero-order chi connectivity index (χ0) is 15.5. The number of nitrogens with zero attached hydrogens (tertiary/aromatic N) is 2. The van der Waals surface area contributed by atoms with Crippen LogP contribution in [-0.2, 0) is 4.74 Å². The summed E-state index contributed by atoms with van der Waals surface area (Å²) in [5, 5.41) is 0. The molecule has 0 N–H and O–H groups in total. The highest BCUT2D eigenvalue weighted by Gasteiger charge is 2.36. The molecule has 2 fully saturated rings. The normalized spacial score (nSPS) is 29.0. The minimum absolute atomic E-state index is 0.152. The van der Waals surface area contributed by atoms with Crippen molar-refractivity contribution in [1.29, 1.82) is 0 Å². The molecule has 0 spiro atoms. The fourth-order valence-corrected chi connectivity index (χ4v) is 4.09. The molecule has 1 amide bonds. The summed E-state index contributed by atoms with van der Waals surface area (Å²) in [5.74, 6) is 2.48. The van der Waals surface area contributed by atoms with Gasteiger partial charge in [0.15, 0.2) is 0 Å². The van der Waals surface area contributed by atoms with Gasteiger partial charge in [-0.2, -0.15) is 11.8 Å². The number of thioether (sulfide) groups is 1. The average Bonchev–Trinajstić information content (AvgIpc) is 2.61. The fourth-order valence-electron chi connectivity index (χ4n) is 3.19. The van der Waals surface area contributed by atoms with E-state index in [4.69, 9.17) is 4.74 Å². The smallest absolute Gasteiger partial charge is 0.410 e. The molecule has 0 aliphatic carbocycles. The van der Waals surface area contributed by atoms with Crippen LogP contribution in [0.3, 0.4) is 0 Å². The van der Waals surface area contributed by atoms with Gasteiger partial charge in [0.05, 0.1) is 0 Å². The Bertz CT molecular complexity index is 364. The molecule has 4 nitrogen and oxygen atoms in total. The molecule has 0 bridgehead atoms. The molecule has 0 saturated carbocycles. The number of ether oxygens (including phenoxy) is 1. The lowest BCUT2D eigenvalue weighted by molar-refractivity contribution is 0.0243. The predicted octanol–water partition coefficient (Wildman–Crippen LogP) is 3.21. The van der Waals surface area contributed by atoms with Gasteiger partial charge in [-0.05, 0) is 47.0 Å². The molecule has 0 aromatic heterocycles. The Morgan fingerprint density at radius 2 is 1.76 bits per heavy atom. The van der Waals surface area contributed by atoms with Crippen LogP contribution in [-0.4, -0.2) is 64.7 Å². The van der Waals surface area contributed by atoms with E-state index in [0.717, 1.165) is 25.9 Å². The van der Waals surface area contributed by atoms with Crippen molar-refractivity contribution in [3.63, 3.8) is 0 Å². The summed E-state index contributed by atoms with van der Waals surface area (Å²) >= 11 is 2.05. The summed E-state index contributed by atoms with van der Waals surface area (Å²) in [7, 11) is 0. The van der Waals surface area contributed by atoms with Crippen LogP contribution in [0.2, 0.25) is 0 Å². The van der Waals surface area contributed by atoms with Crippen molar-refractivity contribution in [3.8, 4) is 0 Å². The Hall–Kier alpha value is -0.420. The molecule has 21 heavy (non-hydrogen) atoms. The third-order valence-electron chi connectivity index (χ3n) is 4.49. The van der Waals surface area contributed by atoms with E-state index in [-0.39, 0.29) is 11.6 Å². The SMILES string of the molecule is CC(C)(C)OC(=O)N1CCCC(C)(N2CCSCC2)CC1. The van der Waals surface area contributed by atoms with Crippen LogP contribution in [0.5, 0.6) is 0 Å². The first-order valence-corrected chi connectivity index (χ1v) is 9.26. The third-order valence-corrected chi connectivity index (χ3v) is 5.43. The van der Waals surface area contributed by atoms with Gasteiger partial charge in [0, 0.05) is 43.2 Å². The summed E-state index contributed by atoms with van der Waals surface area (Å²) in [4.78, 5) is 16.8. The van der Waals surface area contributed by atoms with Crippen molar-refractivity contribution in [1.82, 2.24) is 9.80 Å². The van der Waals surface area contributed by atoms with Crippen molar-refractivity contribution in [2.24, 2.45) is 0 Å².